The Kier molecular flexibility index (Phi) is 6.69. The highest BCUT2D eigenvalue weighted by Crippen LogP contribution is 2.40. The van der Waals surface area contributed by atoms with Crippen molar-refractivity contribution in [2.24, 2.45) is 0 Å². The maximum atomic E-state index is 12.8. The van der Waals surface area contributed by atoms with Gasteiger partial charge in [0.25, 0.3) is 11.1 Å². The molecule has 2 amide bonds. The highest BCUT2D eigenvalue weighted by atomic mass is 79.9. The summed E-state index contributed by atoms with van der Waals surface area (Å²) < 4.78 is 12.0. The standard InChI is InChI=1S/C20H17BrClNO4S/c1-3-26-16-9-12(8-15(21)18(16)27-4-2)10-17-19(24)23(20(25)28-17)14-7-5-6-13(22)11-14/h5-11H,3-4H2,1-2H3/b17-10-. The molecule has 0 N–H and O–H groups in total. The van der Waals surface area contributed by atoms with Gasteiger partial charge < -0.3 is 9.47 Å². The summed E-state index contributed by atoms with van der Waals surface area (Å²) in [7, 11) is 0. The van der Waals surface area contributed by atoms with Gasteiger partial charge in [-0.05, 0) is 83.5 Å². The lowest BCUT2D eigenvalue weighted by molar-refractivity contribution is -0.113. The van der Waals surface area contributed by atoms with Gasteiger partial charge in [0.05, 0.1) is 28.3 Å². The van der Waals surface area contributed by atoms with Crippen molar-refractivity contribution in [3.8, 4) is 11.5 Å². The van der Waals surface area contributed by atoms with E-state index in [1.54, 1.807) is 36.4 Å². The number of carbonyl (C=O) groups excluding carboxylic acids is 2. The topological polar surface area (TPSA) is 55.8 Å². The molecular weight excluding hydrogens is 466 g/mol. The second-order valence-corrected chi connectivity index (χ2v) is 7.98. The molecular formula is C20H17BrClNO4S. The number of amides is 2. The third-order valence-electron chi connectivity index (χ3n) is 3.78. The summed E-state index contributed by atoms with van der Waals surface area (Å²) in [6.07, 6.45) is 1.67. The van der Waals surface area contributed by atoms with Gasteiger partial charge in [-0.3, -0.25) is 9.59 Å². The highest BCUT2D eigenvalue weighted by Gasteiger charge is 2.36. The van der Waals surface area contributed by atoms with Gasteiger partial charge in [0.2, 0.25) is 0 Å². The lowest BCUT2D eigenvalue weighted by Gasteiger charge is -2.14. The fraction of sp³-hybridized carbons (Fsp3) is 0.200. The Bertz CT molecular complexity index is 963. The van der Waals surface area contributed by atoms with Crippen molar-refractivity contribution in [1.29, 1.82) is 0 Å². The van der Waals surface area contributed by atoms with E-state index < -0.39 is 0 Å². The molecule has 0 atom stereocenters. The van der Waals surface area contributed by atoms with E-state index >= 15 is 0 Å². The first-order valence-electron chi connectivity index (χ1n) is 8.57. The Hall–Kier alpha value is -1.96. The van der Waals surface area contributed by atoms with Gasteiger partial charge in [-0.25, -0.2) is 4.90 Å². The number of ether oxygens (including phenoxy) is 2. The summed E-state index contributed by atoms with van der Waals surface area (Å²) in [5.74, 6) is 0.785. The second-order valence-electron chi connectivity index (χ2n) is 5.69. The maximum Gasteiger partial charge on any atom is 0.298 e. The van der Waals surface area contributed by atoms with E-state index in [0.717, 1.165) is 22.2 Å². The molecule has 8 heteroatoms. The summed E-state index contributed by atoms with van der Waals surface area (Å²) >= 11 is 10.4. The van der Waals surface area contributed by atoms with Crippen LogP contribution in [0.15, 0.2) is 45.8 Å². The minimum Gasteiger partial charge on any atom is -0.490 e. The van der Waals surface area contributed by atoms with Crippen LogP contribution in [0.1, 0.15) is 19.4 Å². The number of benzene rings is 2. The van der Waals surface area contributed by atoms with E-state index in [1.807, 2.05) is 19.9 Å². The summed E-state index contributed by atoms with van der Waals surface area (Å²) in [6.45, 7) is 4.74. The number of thioether (sulfide) groups is 1. The SMILES string of the molecule is CCOc1cc(/C=C2\SC(=O)N(c3cccc(Cl)c3)C2=O)cc(Br)c1OCC. The Labute approximate surface area is 180 Å². The molecule has 0 aliphatic carbocycles. The Balaban J connectivity index is 1.95. The molecule has 1 heterocycles. The van der Waals surface area contributed by atoms with Gasteiger partial charge in [0.15, 0.2) is 11.5 Å². The van der Waals surface area contributed by atoms with Crippen molar-refractivity contribution in [3.63, 3.8) is 0 Å². The van der Waals surface area contributed by atoms with Crippen molar-refractivity contribution in [2.75, 3.05) is 18.1 Å². The van der Waals surface area contributed by atoms with Gasteiger partial charge >= 0.3 is 0 Å². The van der Waals surface area contributed by atoms with Crippen molar-refractivity contribution in [3.05, 3.63) is 56.4 Å². The fourth-order valence-corrected chi connectivity index (χ4v) is 4.28. The summed E-state index contributed by atoms with van der Waals surface area (Å²) in [5, 5.41) is 0.0888. The Morgan fingerprint density at radius 2 is 1.89 bits per heavy atom. The monoisotopic (exact) mass is 481 g/mol. The second kappa shape index (κ2) is 9.03. The molecule has 0 radical (unpaired) electrons. The Morgan fingerprint density at radius 3 is 2.57 bits per heavy atom. The molecule has 0 spiro atoms. The van der Waals surface area contributed by atoms with E-state index in [1.165, 1.54) is 0 Å². The normalized spacial score (nSPS) is 15.4. The van der Waals surface area contributed by atoms with Crippen LogP contribution in [-0.2, 0) is 4.79 Å². The molecule has 2 aromatic rings. The molecule has 1 fully saturated rings. The molecule has 1 aliphatic heterocycles. The van der Waals surface area contributed by atoms with Gasteiger partial charge in [-0.2, -0.15) is 0 Å². The zero-order valence-electron chi connectivity index (χ0n) is 15.2. The lowest BCUT2D eigenvalue weighted by Crippen LogP contribution is -2.27. The van der Waals surface area contributed by atoms with E-state index in [0.29, 0.717) is 44.8 Å². The lowest BCUT2D eigenvalue weighted by atomic mass is 10.1. The van der Waals surface area contributed by atoms with Gasteiger partial charge in [-0.15, -0.1) is 0 Å². The highest BCUT2D eigenvalue weighted by molar-refractivity contribution is 9.10. The first kappa shape index (κ1) is 20.8. The van der Waals surface area contributed by atoms with Gasteiger partial charge in [-0.1, -0.05) is 17.7 Å². The zero-order chi connectivity index (χ0) is 20.3. The first-order valence-corrected chi connectivity index (χ1v) is 10.6. The molecule has 28 heavy (non-hydrogen) atoms. The molecule has 5 nitrogen and oxygen atoms in total. The number of hydrogen-bond acceptors (Lipinski definition) is 5. The minimum atomic E-state index is -0.389. The van der Waals surface area contributed by atoms with Crippen LogP contribution in [0.3, 0.4) is 0 Å². The quantitative estimate of drug-likeness (QED) is 0.463. The van der Waals surface area contributed by atoms with Crippen molar-refractivity contribution in [1.82, 2.24) is 0 Å². The number of carbonyl (C=O) groups is 2. The Morgan fingerprint density at radius 1 is 1.14 bits per heavy atom. The van der Waals surface area contributed by atoms with Crippen molar-refractivity contribution < 1.29 is 19.1 Å². The average molecular weight is 483 g/mol. The first-order chi connectivity index (χ1) is 13.4. The van der Waals surface area contributed by atoms with Crippen LogP contribution in [-0.4, -0.2) is 24.4 Å². The van der Waals surface area contributed by atoms with Gasteiger partial charge in [0, 0.05) is 5.02 Å². The average Bonchev–Trinajstić information content (AvgIpc) is 2.91. The predicted molar refractivity (Wildman–Crippen MR) is 116 cm³/mol. The number of halogens is 2. The zero-order valence-corrected chi connectivity index (χ0v) is 18.4. The van der Waals surface area contributed by atoms with Crippen LogP contribution >= 0.6 is 39.3 Å². The van der Waals surface area contributed by atoms with Crippen LogP contribution in [0.5, 0.6) is 11.5 Å². The molecule has 3 rings (SSSR count). The smallest absolute Gasteiger partial charge is 0.298 e. The fourth-order valence-electron chi connectivity index (χ4n) is 2.68. The van der Waals surface area contributed by atoms with Crippen LogP contribution in [0.25, 0.3) is 6.08 Å². The number of anilines is 1. The van der Waals surface area contributed by atoms with Crippen LogP contribution in [0, 0.1) is 0 Å². The van der Waals surface area contributed by atoms with Crippen LogP contribution in [0.4, 0.5) is 10.5 Å². The van der Waals surface area contributed by atoms with Crippen LogP contribution in [0.2, 0.25) is 5.02 Å². The van der Waals surface area contributed by atoms with E-state index in [9.17, 15) is 9.59 Å². The predicted octanol–water partition coefficient (Wildman–Crippen LogP) is 6.14. The molecule has 2 aromatic carbocycles. The molecule has 0 unspecified atom stereocenters. The number of imide groups is 1. The van der Waals surface area contributed by atoms with E-state index in [4.69, 9.17) is 21.1 Å². The maximum absolute atomic E-state index is 12.8. The molecule has 0 aromatic heterocycles. The summed E-state index contributed by atoms with van der Waals surface area (Å²) in [6, 6.07) is 10.2. The molecule has 146 valence electrons. The number of hydrogen-bond donors (Lipinski definition) is 0. The van der Waals surface area contributed by atoms with E-state index in [2.05, 4.69) is 15.9 Å². The third kappa shape index (κ3) is 4.37. The van der Waals surface area contributed by atoms with E-state index in [-0.39, 0.29) is 11.1 Å². The molecule has 0 bridgehead atoms. The van der Waals surface area contributed by atoms with Gasteiger partial charge in [0.1, 0.15) is 0 Å². The summed E-state index contributed by atoms with van der Waals surface area (Å²) in [5.41, 5.74) is 1.16. The third-order valence-corrected chi connectivity index (χ3v) is 5.47. The number of rotatable bonds is 6. The summed E-state index contributed by atoms with van der Waals surface area (Å²) in [4.78, 5) is 26.6. The minimum absolute atomic E-state index is 0.323. The molecule has 0 saturated carbocycles. The van der Waals surface area contributed by atoms with Crippen molar-refractivity contribution in [2.45, 2.75) is 13.8 Å². The molecule has 1 saturated heterocycles. The molecule has 1 aliphatic rings. The van der Waals surface area contributed by atoms with Crippen LogP contribution < -0.4 is 14.4 Å². The van der Waals surface area contributed by atoms with Crippen molar-refractivity contribution >= 4 is 62.2 Å². The number of nitrogens with zero attached hydrogens (tertiary/aromatic N) is 1. The largest absolute Gasteiger partial charge is 0.490 e.